The van der Waals surface area contributed by atoms with Gasteiger partial charge in [-0.1, -0.05) is 54.1 Å². The van der Waals surface area contributed by atoms with Gasteiger partial charge in [0.1, 0.15) is 0 Å². The van der Waals surface area contributed by atoms with Crippen LogP contribution in [0.1, 0.15) is 15.2 Å². The molecule has 1 amide bonds. The highest BCUT2D eigenvalue weighted by Gasteiger charge is 2.05. The molecule has 0 unspecified atom stereocenters. The zero-order chi connectivity index (χ0) is 15.4. The van der Waals surface area contributed by atoms with Gasteiger partial charge < -0.3 is 5.32 Å². The van der Waals surface area contributed by atoms with Crippen LogP contribution in [0.4, 0.5) is 0 Å². The molecule has 1 heterocycles. The number of carbonyl (C=O) groups is 1. The van der Waals surface area contributed by atoms with Gasteiger partial charge in [-0.05, 0) is 40.3 Å². The molecular formula is C18H14ClNOS. The first kappa shape index (κ1) is 14.8. The van der Waals surface area contributed by atoms with E-state index in [1.54, 1.807) is 0 Å². The molecule has 3 rings (SSSR count). The van der Waals surface area contributed by atoms with Gasteiger partial charge in [0.2, 0.25) is 0 Å². The van der Waals surface area contributed by atoms with Gasteiger partial charge in [0.15, 0.2) is 0 Å². The van der Waals surface area contributed by atoms with E-state index in [1.165, 1.54) is 11.3 Å². The SMILES string of the molecule is O=C(NCc1ccc(-c2ccc(Cl)cc2)cc1)c1cccs1. The highest BCUT2D eigenvalue weighted by Crippen LogP contribution is 2.21. The van der Waals surface area contributed by atoms with E-state index in [2.05, 4.69) is 17.4 Å². The number of thiophene rings is 1. The smallest absolute Gasteiger partial charge is 0.261 e. The normalized spacial score (nSPS) is 10.4. The second kappa shape index (κ2) is 6.77. The summed E-state index contributed by atoms with van der Waals surface area (Å²) in [7, 11) is 0. The Labute approximate surface area is 138 Å². The molecule has 3 aromatic rings. The molecule has 110 valence electrons. The van der Waals surface area contributed by atoms with Gasteiger partial charge in [-0.2, -0.15) is 0 Å². The number of benzene rings is 2. The topological polar surface area (TPSA) is 29.1 Å². The number of halogens is 1. The predicted molar refractivity (Wildman–Crippen MR) is 92.4 cm³/mol. The Hall–Kier alpha value is -2.10. The lowest BCUT2D eigenvalue weighted by atomic mass is 10.0. The fraction of sp³-hybridized carbons (Fsp3) is 0.0556. The Balaban J connectivity index is 1.64. The molecule has 0 atom stereocenters. The molecule has 0 aliphatic carbocycles. The number of hydrogen-bond donors (Lipinski definition) is 1. The highest BCUT2D eigenvalue weighted by atomic mass is 35.5. The summed E-state index contributed by atoms with van der Waals surface area (Å²) in [5.41, 5.74) is 3.33. The maximum absolute atomic E-state index is 11.9. The quantitative estimate of drug-likeness (QED) is 0.718. The molecule has 0 aliphatic heterocycles. The Bertz CT molecular complexity index is 749. The lowest BCUT2D eigenvalue weighted by Crippen LogP contribution is -2.21. The number of carbonyl (C=O) groups excluding carboxylic acids is 1. The Kier molecular flexibility index (Phi) is 4.56. The third kappa shape index (κ3) is 3.56. The summed E-state index contributed by atoms with van der Waals surface area (Å²) in [6.07, 6.45) is 0. The van der Waals surface area contributed by atoms with Crippen LogP contribution in [0.25, 0.3) is 11.1 Å². The summed E-state index contributed by atoms with van der Waals surface area (Å²) in [5, 5.41) is 5.55. The molecule has 0 fully saturated rings. The van der Waals surface area contributed by atoms with Gasteiger partial charge in [0, 0.05) is 11.6 Å². The van der Waals surface area contributed by atoms with Crippen LogP contribution in [-0.4, -0.2) is 5.91 Å². The molecule has 1 aromatic heterocycles. The molecule has 0 aliphatic rings. The minimum absolute atomic E-state index is 0.0308. The molecular weight excluding hydrogens is 314 g/mol. The van der Waals surface area contributed by atoms with E-state index in [4.69, 9.17) is 11.6 Å². The molecule has 1 N–H and O–H groups in total. The van der Waals surface area contributed by atoms with Crippen LogP contribution in [0.5, 0.6) is 0 Å². The van der Waals surface area contributed by atoms with Gasteiger partial charge in [0.05, 0.1) is 4.88 Å². The number of hydrogen-bond acceptors (Lipinski definition) is 2. The van der Waals surface area contributed by atoms with Crippen molar-refractivity contribution in [1.82, 2.24) is 5.32 Å². The highest BCUT2D eigenvalue weighted by molar-refractivity contribution is 7.12. The largest absolute Gasteiger partial charge is 0.347 e. The molecule has 22 heavy (non-hydrogen) atoms. The lowest BCUT2D eigenvalue weighted by molar-refractivity contribution is 0.0955. The van der Waals surface area contributed by atoms with Gasteiger partial charge in [-0.15, -0.1) is 11.3 Å². The van der Waals surface area contributed by atoms with Crippen molar-refractivity contribution in [1.29, 1.82) is 0 Å². The molecule has 0 saturated carbocycles. The number of nitrogens with one attached hydrogen (secondary N) is 1. The first-order chi connectivity index (χ1) is 10.7. The van der Waals surface area contributed by atoms with E-state index in [0.29, 0.717) is 6.54 Å². The maximum atomic E-state index is 11.9. The van der Waals surface area contributed by atoms with Crippen molar-refractivity contribution in [2.75, 3.05) is 0 Å². The van der Waals surface area contributed by atoms with Crippen LogP contribution < -0.4 is 5.32 Å². The standard InChI is InChI=1S/C18H14ClNOS/c19-16-9-7-15(8-10-16)14-5-3-13(4-6-14)12-20-18(21)17-2-1-11-22-17/h1-11H,12H2,(H,20,21). The summed E-state index contributed by atoms with van der Waals surface area (Å²) >= 11 is 7.34. The average Bonchev–Trinajstić information content (AvgIpc) is 3.08. The van der Waals surface area contributed by atoms with Crippen molar-refractivity contribution in [3.8, 4) is 11.1 Å². The van der Waals surface area contributed by atoms with Crippen LogP contribution in [0, 0.1) is 0 Å². The maximum Gasteiger partial charge on any atom is 0.261 e. The van der Waals surface area contributed by atoms with E-state index in [-0.39, 0.29) is 5.91 Å². The van der Waals surface area contributed by atoms with E-state index in [1.807, 2.05) is 53.9 Å². The van der Waals surface area contributed by atoms with Crippen LogP contribution in [0.2, 0.25) is 5.02 Å². The molecule has 2 aromatic carbocycles. The van der Waals surface area contributed by atoms with Gasteiger partial charge >= 0.3 is 0 Å². The Morgan fingerprint density at radius 1 is 0.955 bits per heavy atom. The number of rotatable bonds is 4. The molecule has 2 nitrogen and oxygen atoms in total. The van der Waals surface area contributed by atoms with E-state index in [9.17, 15) is 4.79 Å². The van der Waals surface area contributed by atoms with E-state index >= 15 is 0 Å². The van der Waals surface area contributed by atoms with Gasteiger partial charge in [0.25, 0.3) is 5.91 Å². The number of amides is 1. The third-order valence-electron chi connectivity index (χ3n) is 3.33. The third-order valence-corrected chi connectivity index (χ3v) is 4.45. The van der Waals surface area contributed by atoms with Crippen LogP contribution >= 0.6 is 22.9 Å². The van der Waals surface area contributed by atoms with E-state index in [0.717, 1.165) is 26.6 Å². The van der Waals surface area contributed by atoms with Crippen molar-refractivity contribution in [3.63, 3.8) is 0 Å². The van der Waals surface area contributed by atoms with Crippen molar-refractivity contribution >= 4 is 28.8 Å². The second-order valence-corrected chi connectivity index (χ2v) is 6.25. The molecule has 0 spiro atoms. The first-order valence-corrected chi connectivity index (χ1v) is 8.15. The lowest BCUT2D eigenvalue weighted by Gasteiger charge is -2.06. The minimum atomic E-state index is -0.0308. The fourth-order valence-corrected chi connectivity index (χ4v) is 2.90. The van der Waals surface area contributed by atoms with Crippen LogP contribution in [0.3, 0.4) is 0 Å². The van der Waals surface area contributed by atoms with Crippen molar-refractivity contribution in [2.24, 2.45) is 0 Å². The Morgan fingerprint density at radius 3 is 2.18 bits per heavy atom. The zero-order valence-electron chi connectivity index (χ0n) is 11.8. The first-order valence-electron chi connectivity index (χ1n) is 6.89. The summed E-state index contributed by atoms with van der Waals surface area (Å²) in [5.74, 6) is -0.0308. The van der Waals surface area contributed by atoms with Crippen LogP contribution in [0.15, 0.2) is 66.0 Å². The van der Waals surface area contributed by atoms with Crippen molar-refractivity contribution < 1.29 is 4.79 Å². The molecule has 4 heteroatoms. The second-order valence-electron chi connectivity index (χ2n) is 4.86. The predicted octanol–water partition coefficient (Wildman–Crippen LogP) is 5.00. The fourth-order valence-electron chi connectivity index (χ4n) is 2.13. The van der Waals surface area contributed by atoms with E-state index < -0.39 is 0 Å². The molecule has 0 saturated heterocycles. The van der Waals surface area contributed by atoms with Gasteiger partial charge in [-0.25, -0.2) is 0 Å². The molecule has 0 bridgehead atoms. The summed E-state index contributed by atoms with van der Waals surface area (Å²) in [4.78, 5) is 12.6. The van der Waals surface area contributed by atoms with Crippen molar-refractivity contribution in [2.45, 2.75) is 6.54 Å². The minimum Gasteiger partial charge on any atom is -0.347 e. The van der Waals surface area contributed by atoms with Crippen LogP contribution in [-0.2, 0) is 6.54 Å². The summed E-state index contributed by atoms with van der Waals surface area (Å²) in [6.45, 7) is 0.525. The average molecular weight is 328 g/mol. The Morgan fingerprint density at radius 2 is 1.59 bits per heavy atom. The monoisotopic (exact) mass is 327 g/mol. The van der Waals surface area contributed by atoms with Crippen molar-refractivity contribution in [3.05, 3.63) is 81.5 Å². The summed E-state index contributed by atoms with van der Waals surface area (Å²) in [6, 6.07) is 19.6. The van der Waals surface area contributed by atoms with Gasteiger partial charge in [-0.3, -0.25) is 4.79 Å². The molecule has 0 radical (unpaired) electrons. The zero-order valence-corrected chi connectivity index (χ0v) is 13.3. The summed E-state index contributed by atoms with van der Waals surface area (Å²) < 4.78 is 0.